The molecule has 6 nitrogen and oxygen atoms in total. The van der Waals surface area contributed by atoms with Crippen LogP contribution in [0.5, 0.6) is 11.7 Å². The highest BCUT2D eigenvalue weighted by Crippen LogP contribution is 2.37. The van der Waals surface area contributed by atoms with E-state index >= 15 is 0 Å². The minimum Gasteiger partial charge on any atom is -0.422 e. The Hall–Kier alpha value is -2.34. The molecule has 2 aromatic rings. The average Bonchev–Trinajstić information content (AvgIpc) is 2.79. The molecule has 2 rings (SSSR count). The van der Waals surface area contributed by atoms with E-state index < -0.39 is 4.92 Å². The molecular formula is C11H6ClNO5. The van der Waals surface area contributed by atoms with Crippen molar-refractivity contribution in [1.29, 1.82) is 0 Å². The number of ether oxygens (including phenoxy) is 1. The first kappa shape index (κ1) is 12.1. The standard InChI is InChI=1S/C11H6ClNO5/c12-8-2-1-3-9(13(15)16)11(8)18-10-5-4-7(6-14)17-10/h1-6H. The van der Waals surface area contributed by atoms with E-state index in [9.17, 15) is 14.9 Å². The summed E-state index contributed by atoms with van der Waals surface area (Å²) in [4.78, 5) is 20.6. The predicted molar refractivity (Wildman–Crippen MR) is 62.3 cm³/mol. The van der Waals surface area contributed by atoms with Crippen LogP contribution in [0.1, 0.15) is 10.6 Å². The first-order chi connectivity index (χ1) is 8.61. The van der Waals surface area contributed by atoms with Crippen LogP contribution in [0.15, 0.2) is 34.7 Å². The number of benzene rings is 1. The fraction of sp³-hybridized carbons (Fsp3) is 0. The number of carbonyl (C=O) groups is 1. The first-order valence-corrected chi connectivity index (χ1v) is 5.15. The summed E-state index contributed by atoms with van der Waals surface area (Å²) in [5.74, 6) is -0.121. The van der Waals surface area contributed by atoms with Crippen LogP contribution in [0.25, 0.3) is 0 Å². The molecule has 1 aromatic heterocycles. The average molecular weight is 268 g/mol. The highest BCUT2D eigenvalue weighted by molar-refractivity contribution is 6.32. The number of nitro benzene ring substituents is 1. The van der Waals surface area contributed by atoms with Gasteiger partial charge < -0.3 is 9.15 Å². The van der Waals surface area contributed by atoms with Gasteiger partial charge in [-0.25, -0.2) is 0 Å². The van der Waals surface area contributed by atoms with Crippen LogP contribution in [0.2, 0.25) is 5.02 Å². The Balaban J connectivity index is 2.38. The highest BCUT2D eigenvalue weighted by atomic mass is 35.5. The fourth-order valence-corrected chi connectivity index (χ4v) is 1.50. The zero-order valence-electron chi connectivity index (χ0n) is 8.83. The highest BCUT2D eigenvalue weighted by Gasteiger charge is 2.20. The second-order valence-corrected chi connectivity index (χ2v) is 3.63. The molecule has 18 heavy (non-hydrogen) atoms. The molecule has 0 aliphatic rings. The molecule has 1 heterocycles. The van der Waals surface area contributed by atoms with Gasteiger partial charge in [-0.3, -0.25) is 14.9 Å². The molecule has 0 unspecified atom stereocenters. The maximum absolute atomic E-state index is 10.8. The Labute approximate surface area is 106 Å². The van der Waals surface area contributed by atoms with E-state index in [1.807, 2.05) is 0 Å². The van der Waals surface area contributed by atoms with Crippen molar-refractivity contribution in [2.75, 3.05) is 0 Å². The third kappa shape index (κ3) is 2.33. The molecule has 0 fully saturated rings. The molecule has 1 aromatic carbocycles. The number of hydrogen-bond donors (Lipinski definition) is 0. The summed E-state index contributed by atoms with van der Waals surface area (Å²) in [6, 6.07) is 6.90. The quantitative estimate of drug-likeness (QED) is 0.481. The Morgan fingerprint density at radius 3 is 2.72 bits per heavy atom. The molecule has 7 heteroatoms. The Morgan fingerprint density at radius 1 is 1.33 bits per heavy atom. The van der Waals surface area contributed by atoms with Gasteiger partial charge in [0, 0.05) is 12.1 Å². The lowest BCUT2D eigenvalue weighted by molar-refractivity contribution is -0.385. The van der Waals surface area contributed by atoms with Gasteiger partial charge in [0.2, 0.25) is 5.75 Å². The van der Waals surface area contributed by atoms with Crippen LogP contribution < -0.4 is 4.74 Å². The van der Waals surface area contributed by atoms with Crippen LogP contribution >= 0.6 is 11.6 Å². The lowest BCUT2D eigenvalue weighted by atomic mass is 10.3. The fourth-order valence-electron chi connectivity index (χ4n) is 1.30. The van der Waals surface area contributed by atoms with E-state index in [1.165, 1.54) is 30.3 Å². The molecule has 0 aliphatic carbocycles. The number of furan rings is 1. The van der Waals surface area contributed by atoms with Gasteiger partial charge >= 0.3 is 5.69 Å². The van der Waals surface area contributed by atoms with Gasteiger partial charge in [-0.15, -0.1) is 0 Å². The topological polar surface area (TPSA) is 82.6 Å². The van der Waals surface area contributed by atoms with E-state index in [-0.39, 0.29) is 28.2 Å². The van der Waals surface area contributed by atoms with Gasteiger partial charge in [-0.2, -0.15) is 0 Å². The summed E-state index contributed by atoms with van der Waals surface area (Å²) >= 11 is 5.82. The minimum absolute atomic E-state index is 0.0479. The molecule has 0 N–H and O–H groups in total. The van der Waals surface area contributed by atoms with Crippen molar-refractivity contribution in [2.24, 2.45) is 0 Å². The summed E-state index contributed by atoms with van der Waals surface area (Å²) in [6.45, 7) is 0. The van der Waals surface area contributed by atoms with Gasteiger partial charge in [0.05, 0.1) is 9.95 Å². The first-order valence-electron chi connectivity index (χ1n) is 4.77. The third-order valence-electron chi connectivity index (χ3n) is 2.06. The number of para-hydroxylation sites is 1. The van der Waals surface area contributed by atoms with Crippen molar-refractivity contribution in [3.63, 3.8) is 0 Å². The summed E-state index contributed by atoms with van der Waals surface area (Å²) in [5, 5.41) is 10.9. The van der Waals surface area contributed by atoms with E-state index in [1.54, 1.807) is 0 Å². The second-order valence-electron chi connectivity index (χ2n) is 3.22. The molecule has 0 aliphatic heterocycles. The molecule has 0 radical (unpaired) electrons. The van der Waals surface area contributed by atoms with Crippen molar-refractivity contribution in [2.45, 2.75) is 0 Å². The predicted octanol–water partition coefficient (Wildman–Crippen LogP) is 3.45. The molecule has 0 saturated carbocycles. The van der Waals surface area contributed by atoms with Crippen molar-refractivity contribution in [1.82, 2.24) is 0 Å². The van der Waals surface area contributed by atoms with E-state index in [2.05, 4.69) is 0 Å². The van der Waals surface area contributed by atoms with Crippen LogP contribution in [-0.4, -0.2) is 11.2 Å². The molecular weight excluding hydrogens is 262 g/mol. The number of rotatable bonds is 4. The molecule has 0 spiro atoms. The number of hydrogen-bond acceptors (Lipinski definition) is 5. The Morgan fingerprint density at radius 2 is 2.11 bits per heavy atom. The zero-order valence-corrected chi connectivity index (χ0v) is 9.59. The van der Waals surface area contributed by atoms with Gasteiger partial charge in [0.15, 0.2) is 12.0 Å². The zero-order chi connectivity index (χ0) is 13.1. The maximum atomic E-state index is 10.8. The van der Waals surface area contributed by atoms with Gasteiger partial charge in [-0.05, 0) is 12.1 Å². The molecule has 0 atom stereocenters. The molecule has 0 amide bonds. The SMILES string of the molecule is O=Cc1ccc(Oc2c(Cl)cccc2[N+](=O)[O-])o1. The van der Waals surface area contributed by atoms with Crippen molar-refractivity contribution >= 4 is 23.6 Å². The summed E-state index contributed by atoms with van der Waals surface area (Å²) in [7, 11) is 0. The summed E-state index contributed by atoms with van der Waals surface area (Å²) in [6.07, 6.45) is 0.494. The number of nitro groups is 1. The van der Waals surface area contributed by atoms with E-state index in [4.69, 9.17) is 20.8 Å². The smallest absolute Gasteiger partial charge is 0.313 e. The Bertz CT molecular complexity index is 607. The number of carbonyl (C=O) groups excluding carboxylic acids is 1. The van der Waals surface area contributed by atoms with Crippen LogP contribution in [0.4, 0.5) is 5.69 Å². The summed E-state index contributed by atoms with van der Waals surface area (Å²) < 4.78 is 10.1. The molecule has 0 saturated heterocycles. The number of nitrogens with zero attached hydrogens (tertiary/aromatic N) is 1. The second kappa shape index (κ2) is 4.89. The minimum atomic E-state index is -0.620. The van der Waals surface area contributed by atoms with Crippen molar-refractivity contribution in [3.8, 4) is 11.7 Å². The van der Waals surface area contributed by atoms with Crippen LogP contribution in [-0.2, 0) is 0 Å². The van der Waals surface area contributed by atoms with Gasteiger partial charge in [0.25, 0.3) is 5.95 Å². The van der Waals surface area contributed by atoms with Crippen LogP contribution in [0, 0.1) is 10.1 Å². The van der Waals surface area contributed by atoms with Crippen LogP contribution in [0.3, 0.4) is 0 Å². The van der Waals surface area contributed by atoms with E-state index in [0.29, 0.717) is 6.29 Å². The molecule has 92 valence electrons. The monoisotopic (exact) mass is 267 g/mol. The summed E-state index contributed by atoms with van der Waals surface area (Å²) in [5.41, 5.74) is -0.286. The lowest BCUT2D eigenvalue weighted by Gasteiger charge is -2.04. The van der Waals surface area contributed by atoms with Gasteiger partial charge in [-0.1, -0.05) is 17.7 Å². The van der Waals surface area contributed by atoms with Gasteiger partial charge in [0.1, 0.15) is 0 Å². The largest absolute Gasteiger partial charge is 0.422 e. The number of halogens is 1. The van der Waals surface area contributed by atoms with E-state index in [0.717, 1.165) is 0 Å². The Kier molecular flexibility index (Phi) is 3.29. The normalized spacial score (nSPS) is 10.1. The van der Waals surface area contributed by atoms with Crippen molar-refractivity contribution in [3.05, 3.63) is 51.2 Å². The molecule has 0 bridgehead atoms. The lowest BCUT2D eigenvalue weighted by Crippen LogP contribution is -1.93. The number of aldehydes is 1. The van der Waals surface area contributed by atoms with Crippen molar-refractivity contribution < 1.29 is 18.9 Å². The third-order valence-corrected chi connectivity index (χ3v) is 2.36. The maximum Gasteiger partial charge on any atom is 0.313 e.